The van der Waals surface area contributed by atoms with Crippen molar-refractivity contribution in [1.29, 1.82) is 0 Å². The fraction of sp³-hybridized carbons (Fsp3) is 0.500. The number of amidine groups is 1. The number of nitrogens with zero attached hydrogens (tertiary/aromatic N) is 3. The molecule has 9 heteroatoms. The van der Waals surface area contributed by atoms with E-state index in [1.807, 2.05) is 0 Å². The summed E-state index contributed by atoms with van der Waals surface area (Å²) < 4.78 is 0. The van der Waals surface area contributed by atoms with Gasteiger partial charge in [-0.15, -0.1) is 0 Å². The molecule has 0 aromatic rings. The van der Waals surface area contributed by atoms with E-state index >= 15 is 0 Å². The molecule has 1 heterocycles. The molecule has 1 unspecified atom stereocenters. The van der Waals surface area contributed by atoms with Crippen LogP contribution in [-0.2, 0) is 4.79 Å². The number of aliphatic carboxylic acids is 1. The number of rotatable bonds is 1. The second kappa shape index (κ2) is 4.01. The number of carboxylic acids is 1. The molecule has 1 aliphatic rings. The summed E-state index contributed by atoms with van der Waals surface area (Å²) in [5.74, 6) is -2.57. The molecule has 0 spiro atoms. The third-order valence-electron chi connectivity index (χ3n) is 2.41. The molecule has 1 rings (SSSR count). The Morgan fingerprint density at radius 2 is 2.12 bits per heavy atom. The molecule has 17 heavy (non-hydrogen) atoms. The van der Waals surface area contributed by atoms with Crippen LogP contribution in [0.4, 0.5) is 9.59 Å². The zero-order chi connectivity index (χ0) is 13.4. The standard InChI is InChI=1S/C8H12N4O5/c1-9-6(15)11(2)4-8(17,5(13)14)12(3)7(16)10-4/h17H,1-3H3,(H,9,15)(H,13,14)/p-1. The quantitative estimate of drug-likeness (QED) is 0.513. The van der Waals surface area contributed by atoms with Crippen LogP contribution in [-0.4, -0.2) is 65.6 Å². The van der Waals surface area contributed by atoms with Crippen molar-refractivity contribution in [3.8, 4) is 0 Å². The average molecular weight is 243 g/mol. The lowest BCUT2D eigenvalue weighted by Gasteiger charge is -2.34. The maximum absolute atomic E-state index is 11.3. The molecule has 0 bridgehead atoms. The van der Waals surface area contributed by atoms with Gasteiger partial charge in [0.05, 0.1) is 0 Å². The summed E-state index contributed by atoms with van der Waals surface area (Å²) in [7, 11) is 3.50. The highest BCUT2D eigenvalue weighted by molar-refractivity contribution is 6.19. The summed E-state index contributed by atoms with van der Waals surface area (Å²) in [5.41, 5.74) is -2.75. The molecule has 9 nitrogen and oxygen atoms in total. The van der Waals surface area contributed by atoms with E-state index in [-0.39, 0.29) is 0 Å². The van der Waals surface area contributed by atoms with Crippen molar-refractivity contribution in [1.82, 2.24) is 15.1 Å². The third kappa shape index (κ3) is 1.69. The van der Waals surface area contributed by atoms with Gasteiger partial charge in [-0.3, -0.25) is 9.80 Å². The molecule has 4 amide bonds. The first-order valence-electron chi connectivity index (χ1n) is 4.53. The highest BCUT2D eigenvalue weighted by atomic mass is 16.4. The molecule has 0 aliphatic carbocycles. The van der Waals surface area contributed by atoms with Crippen molar-refractivity contribution in [2.45, 2.75) is 5.72 Å². The minimum Gasteiger partial charge on any atom is -0.544 e. The lowest BCUT2D eigenvalue weighted by Crippen LogP contribution is -2.65. The predicted octanol–water partition coefficient (Wildman–Crippen LogP) is -2.84. The highest BCUT2D eigenvalue weighted by Gasteiger charge is 2.50. The highest BCUT2D eigenvalue weighted by Crippen LogP contribution is 2.22. The molecule has 1 atom stereocenters. The number of urea groups is 2. The van der Waals surface area contributed by atoms with Crippen LogP contribution in [0.3, 0.4) is 0 Å². The van der Waals surface area contributed by atoms with E-state index in [2.05, 4.69) is 10.3 Å². The maximum Gasteiger partial charge on any atom is 0.348 e. The Morgan fingerprint density at radius 1 is 1.59 bits per heavy atom. The van der Waals surface area contributed by atoms with Gasteiger partial charge in [-0.05, 0) is 0 Å². The predicted molar refractivity (Wildman–Crippen MR) is 52.8 cm³/mol. The monoisotopic (exact) mass is 243 g/mol. The number of carbonyl (C=O) groups excluding carboxylic acids is 3. The summed E-state index contributed by atoms with van der Waals surface area (Å²) in [5, 5.41) is 23.0. The molecule has 0 radical (unpaired) electrons. The van der Waals surface area contributed by atoms with Gasteiger partial charge in [0.1, 0.15) is 5.97 Å². The summed E-state index contributed by atoms with van der Waals surface area (Å²) in [4.78, 5) is 38.0. The Bertz CT molecular complexity index is 420. The number of carbonyl (C=O) groups is 3. The molecular weight excluding hydrogens is 232 g/mol. The van der Waals surface area contributed by atoms with Gasteiger partial charge in [-0.2, -0.15) is 4.99 Å². The number of nitrogens with one attached hydrogen (secondary N) is 1. The second-order valence-electron chi connectivity index (χ2n) is 3.35. The molecule has 0 aromatic heterocycles. The number of carboxylic acid groups (broad SMARTS) is 1. The molecular formula is C8H11N4O5-. The number of likely N-dealkylation sites (N-methyl/N-ethyl adjacent to an activating group) is 2. The van der Waals surface area contributed by atoms with Crippen molar-refractivity contribution in [3.63, 3.8) is 0 Å². The summed E-state index contributed by atoms with van der Waals surface area (Å²) in [6.07, 6.45) is 0. The van der Waals surface area contributed by atoms with Crippen LogP contribution in [0.15, 0.2) is 4.99 Å². The summed E-state index contributed by atoms with van der Waals surface area (Å²) in [6, 6.07) is -1.71. The Hall–Kier alpha value is -2.16. The van der Waals surface area contributed by atoms with Crippen LogP contribution >= 0.6 is 0 Å². The Kier molecular flexibility index (Phi) is 3.05. The van der Waals surface area contributed by atoms with Crippen LogP contribution < -0.4 is 10.4 Å². The smallest absolute Gasteiger partial charge is 0.348 e. The maximum atomic E-state index is 11.3. The average Bonchev–Trinajstić information content (AvgIpc) is 2.52. The van der Waals surface area contributed by atoms with Crippen molar-refractivity contribution in [2.75, 3.05) is 21.1 Å². The zero-order valence-corrected chi connectivity index (χ0v) is 9.42. The van der Waals surface area contributed by atoms with E-state index in [4.69, 9.17) is 0 Å². The van der Waals surface area contributed by atoms with Crippen LogP contribution in [0.25, 0.3) is 0 Å². The van der Waals surface area contributed by atoms with Gasteiger partial charge in [0.25, 0.3) is 0 Å². The summed E-state index contributed by atoms with van der Waals surface area (Å²) in [6.45, 7) is 0. The fourth-order valence-corrected chi connectivity index (χ4v) is 1.33. The van der Waals surface area contributed by atoms with Crippen LogP contribution in [0.5, 0.6) is 0 Å². The molecule has 0 saturated heterocycles. The Morgan fingerprint density at radius 3 is 2.53 bits per heavy atom. The fourth-order valence-electron chi connectivity index (χ4n) is 1.33. The van der Waals surface area contributed by atoms with E-state index < -0.39 is 29.6 Å². The van der Waals surface area contributed by atoms with Gasteiger partial charge in [0.2, 0.25) is 5.72 Å². The van der Waals surface area contributed by atoms with Crippen molar-refractivity contribution in [2.24, 2.45) is 4.99 Å². The molecule has 1 aliphatic heterocycles. The minimum absolute atomic E-state index is 0.469. The van der Waals surface area contributed by atoms with Crippen LogP contribution in [0.1, 0.15) is 0 Å². The Labute approximate surface area is 96.3 Å². The number of aliphatic imine (C=N–C) groups is 1. The number of amides is 4. The first kappa shape index (κ1) is 12.9. The van der Waals surface area contributed by atoms with Crippen LogP contribution in [0, 0.1) is 0 Å². The van der Waals surface area contributed by atoms with Gasteiger partial charge in [0, 0.05) is 21.1 Å². The van der Waals surface area contributed by atoms with E-state index in [1.165, 1.54) is 7.05 Å². The van der Waals surface area contributed by atoms with Gasteiger partial charge < -0.3 is 20.3 Å². The van der Waals surface area contributed by atoms with E-state index in [0.717, 1.165) is 19.0 Å². The number of aliphatic hydroxyl groups is 1. The molecule has 0 aromatic carbocycles. The number of hydrogen-bond acceptors (Lipinski definition) is 5. The normalized spacial score (nSPS) is 23.4. The van der Waals surface area contributed by atoms with Gasteiger partial charge >= 0.3 is 12.1 Å². The SMILES string of the molecule is CNC(=O)N(C)C1=NC(=O)N(C)C1(O)C(=O)[O-]. The zero-order valence-electron chi connectivity index (χ0n) is 9.42. The topological polar surface area (TPSA) is 125 Å². The van der Waals surface area contributed by atoms with E-state index in [9.17, 15) is 24.6 Å². The Balaban J connectivity index is 3.22. The molecule has 2 N–H and O–H groups in total. The van der Waals surface area contributed by atoms with Crippen molar-refractivity contribution >= 4 is 23.9 Å². The lowest BCUT2D eigenvalue weighted by atomic mass is 10.2. The molecule has 94 valence electrons. The summed E-state index contributed by atoms with van der Waals surface area (Å²) >= 11 is 0. The van der Waals surface area contributed by atoms with Gasteiger partial charge in [-0.1, -0.05) is 0 Å². The van der Waals surface area contributed by atoms with Crippen molar-refractivity contribution < 1.29 is 24.6 Å². The van der Waals surface area contributed by atoms with Crippen molar-refractivity contribution in [3.05, 3.63) is 0 Å². The third-order valence-corrected chi connectivity index (χ3v) is 2.41. The van der Waals surface area contributed by atoms with Gasteiger partial charge in [0.15, 0.2) is 5.84 Å². The molecule has 0 fully saturated rings. The first-order valence-corrected chi connectivity index (χ1v) is 4.53. The minimum atomic E-state index is -2.75. The van der Waals surface area contributed by atoms with Gasteiger partial charge in [-0.25, -0.2) is 9.59 Å². The second-order valence-corrected chi connectivity index (χ2v) is 3.35. The first-order chi connectivity index (χ1) is 7.76. The molecule has 0 saturated carbocycles. The largest absolute Gasteiger partial charge is 0.544 e. The van der Waals surface area contributed by atoms with E-state index in [0.29, 0.717) is 4.90 Å². The lowest BCUT2D eigenvalue weighted by molar-refractivity contribution is -0.325. The van der Waals surface area contributed by atoms with E-state index in [1.54, 1.807) is 0 Å². The number of hydrogen-bond donors (Lipinski definition) is 2. The van der Waals surface area contributed by atoms with Crippen LogP contribution in [0.2, 0.25) is 0 Å².